The molecule has 192 valence electrons. The van der Waals surface area contributed by atoms with Gasteiger partial charge in [0.05, 0.1) is 12.8 Å². The van der Waals surface area contributed by atoms with Crippen molar-refractivity contribution in [2.75, 3.05) is 11.8 Å². The minimum atomic E-state index is -3.93. The fraction of sp³-hybridized carbons (Fsp3) is 0.481. The molecule has 2 N–H and O–H groups in total. The molecule has 5 rings (SSSR count). The van der Waals surface area contributed by atoms with E-state index in [0.717, 1.165) is 23.5 Å². The van der Waals surface area contributed by atoms with Gasteiger partial charge in [0.1, 0.15) is 10.8 Å². The number of benzene rings is 1. The molecule has 0 radical (unpaired) electrons. The second-order valence-corrected chi connectivity index (χ2v) is 12.8. The molecule has 1 fully saturated rings. The first-order chi connectivity index (χ1) is 17.2. The third kappa shape index (κ3) is 4.70. The fourth-order valence-electron chi connectivity index (χ4n) is 5.65. The standard InChI is InChI=1S/C27H33N3O4S2/c1-4-17-5-7-20(8-6-17)27(2)11-9-18(10-12-27)26-29-24(16-35-26)36(32,33)30-22-13-19-15-28-25(31)21(19)14-23(22)34-3/h9-11,13-14,16-17,20,30H,4-8,12,15H2,1-3H3,(H,28,31). The summed E-state index contributed by atoms with van der Waals surface area (Å²) in [6.07, 6.45) is 14.1. The number of sulfonamides is 1. The van der Waals surface area contributed by atoms with Crippen molar-refractivity contribution in [2.24, 2.45) is 17.3 Å². The average Bonchev–Trinajstić information content (AvgIpc) is 3.52. The zero-order valence-corrected chi connectivity index (χ0v) is 22.6. The summed E-state index contributed by atoms with van der Waals surface area (Å²) in [5, 5.41) is 4.97. The zero-order chi connectivity index (χ0) is 25.5. The summed E-state index contributed by atoms with van der Waals surface area (Å²) in [6.45, 7) is 5.00. The minimum Gasteiger partial charge on any atom is -0.495 e. The van der Waals surface area contributed by atoms with Gasteiger partial charge in [-0.3, -0.25) is 9.52 Å². The third-order valence-electron chi connectivity index (χ3n) is 8.12. The first-order valence-electron chi connectivity index (χ1n) is 12.6. The van der Waals surface area contributed by atoms with E-state index < -0.39 is 10.0 Å². The Bertz CT molecular complexity index is 1340. The number of hydrogen-bond acceptors (Lipinski definition) is 6. The number of rotatable bonds is 7. The van der Waals surface area contributed by atoms with Gasteiger partial charge in [0.15, 0.2) is 5.03 Å². The van der Waals surface area contributed by atoms with Gasteiger partial charge in [-0.25, -0.2) is 4.98 Å². The summed E-state index contributed by atoms with van der Waals surface area (Å²) in [7, 11) is -2.49. The zero-order valence-electron chi connectivity index (χ0n) is 21.0. The third-order valence-corrected chi connectivity index (χ3v) is 10.4. The largest absolute Gasteiger partial charge is 0.495 e. The van der Waals surface area contributed by atoms with Crippen molar-refractivity contribution in [1.29, 1.82) is 0 Å². The number of fused-ring (bicyclic) bond motifs is 1. The Labute approximate surface area is 217 Å². The number of aromatic nitrogens is 1. The summed E-state index contributed by atoms with van der Waals surface area (Å²) in [5.74, 6) is 1.66. The number of nitrogens with one attached hydrogen (secondary N) is 2. The Morgan fingerprint density at radius 2 is 2.03 bits per heavy atom. The maximum Gasteiger partial charge on any atom is 0.280 e. The van der Waals surface area contributed by atoms with Crippen LogP contribution in [0.15, 0.2) is 40.8 Å². The molecule has 1 aliphatic heterocycles. The predicted molar refractivity (Wildman–Crippen MR) is 143 cm³/mol. The SMILES string of the molecule is CCC1CCC(C2(C)C=CC(c3nc(S(=O)(=O)Nc4cc5c(cc4OC)C(=O)NC5)cs3)=CC2)CC1. The molecule has 0 saturated heterocycles. The lowest BCUT2D eigenvalue weighted by Gasteiger charge is -2.40. The highest BCUT2D eigenvalue weighted by atomic mass is 32.2. The first kappa shape index (κ1) is 25.0. The monoisotopic (exact) mass is 527 g/mol. The number of thiazole rings is 1. The lowest BCUT2D eigenvalue weighted by Crippen LogP contribution is -2.30. The highest BCUT2D eigenvalue weighted by Crippen LogP contribution is 2.47. The van der Waals surface area contributed by atoms with E-state index >= 15 is 0 Å². The molecule has 36 heavy (non-hydrogen) atoms. The van der Waals surface area contributed by atoms with Crippen LogP contribution in [-0.2, 0) is 16.6 Å². The quantitative estimate of drug-likeness (QED) is 0.477. The number of amides is 1. The Hall–Kier alpha value is -2.65. The first-order valence-corrected chi connectivity index (χ1v) is 15.0. The van der Waals surface area contributed by atoms with E-state index in [-0.39, 0.29) is 27.8 Å². The molecule has 0 spiro atoms. The number of anilines is 1. The summed E-state index contributed by atoms with van der Waals surface area (Å²) >= 11 is 1.33. The number of ether oxygens (including phenoxy) is 1. The van der Waals surface area contributed by atoms with E-state index in [1.54, 1.807) is 17.5 Å². The number of carbonyl (C=O) groups is 1. The van der Waals surface area contributed by atoms with Crippen molar-refractivity contribution in [3.63, 3.8) is 0 Å². The van der Waals surface area contributed by atoms with Crippen LogP contribution in [0.4, 0.5) is 5.69 Å². The molecule has 2 aromatic rings. The minimum absolute atomic E-state index is 0.0280. The van der Waals surface area contributed by atoms with Gasteiger partial charge in [-0.15, -0.1) is 11.3 Å². The summed E-state index contributed by atoms with van der Waals surface area (Å²) < 4.78 is 34.2. The van der Waals surface area contributed by atoms with Crippen LogP contribution in [0.3, 0.4) is 0 Å². The predicted octanol–water partition coefficient (Wildman–Crippen LogP) is 5.76. The van der Waals surface area contributed by atoms with Crippen molar-refractivity contribution in [1.82, 2.24) is 10.3 Å². The summed E-state index contributed by atoms with van der Waals surface area (Å²) in [6, 6.07) is 3.20. The van der Waals surface area contributed by atoms with Crippen LogP contribution < -0.4 is 14.8 Å². The normalized spacial score (nSPS) is 25.8. The van der Waals surface area contributed by atoms with Gasteiger partial charge < -0.3 is 10.1 Å². The van der Waals surface area contributed by atoms with Gasteiger partial charge >= 0.3 is 0 Å². The lowest BCUT2D eigenvalue weighted by molar-refractivity contribution is 0.0965. The average molecular weight is 528 g/mol. The van der Waals surface area contributed by atoms with Crippen molar-refractivity contribution < 1.29 is 17.9 Å². The summed E-state index contributed by atoms with van der Waals surface area (Å²) in [5.41, 5.74) is 2.62. The molecule has 1 aromatic heterocycles. The molecule has 1 atom stereocenters. The number of carbonyl (C=O) groups excluding carboxylic acids is 1. The molecule has 1 saturated carbocycles. The van der Waals surface area contributed by atoms with Crippen LogP contribution in [0, 0.1) is 17.3 Å². The van der Waals surface area contributed by atoms with E-state index in [4.69, 9.17) is 4.74 Å². The molecule has 2 heterocycles. The molecule has 7 nitrogen and oxygen atoms in total. The Morgan fingerprint density at radius 3 is 2.69 bits per heavy atom. The van der Waals surface area contributed by atoms with Gasteiger partial charge in [0, 0.05) is 23.1 Å². The van der Waals surface area contributed by atoms with E-state index in [9.17, 15) is 13.2 Å². The molecule has 1 aromatic carbocycles. The van der Waals surface area contributed by atoms with Gasteiger partial charge in [-0.2, -0.15) is 8.42 Å². The molecule has 0 bridgehead atoms. The second kappa shape index (κ2) is 9.67. The van der Waals surface area contributed by atoms with E-state index in [0.29, 0.717) is 23.0 Å². The van der Waals surface area contributed by atoms with E-state index in [1.807, 2.05) is 0 Å². The molecule has 1 unspecified atom stereocenters. The van der Waals surface area contributed by atoms with Gasteiger partial charge in [-0.05, 0) is 54.2 Å². The molecular formula is C27H33N3O4S2. The topological polar surface area (TPSA) is 97.4 Å². The highest BCUT2D eigenvalue weighted by Gasteiger charge is 2.35. The second-order valence-electron chi connectivity index (χ2n) is 10.3. The molecule has 1 amide bonds. The number of allylic oxidation sites excluding steroid dienone is 4. The summed E-state index contributed by atoms with van der Waals surface area (Å²) in [4.78, 5) is 16.4. The van der Waals surface area contributed by atoms with Crippen LogP contribution in [-0.4, -0.2) is 26.4 Å². The Morgan fingerprint density at radius 1 is 1.25 bits per heavy atom. The van der Waals surface area contributed by atoms with Crippen molar-refractivity contribution in [3.8, 4) is 5.75 Å². The van der Waals surface area contributed by atoms with Gasteiger partial charge in [0.25, 0.3) is 15.9 Å². The maximum absolute atomic E-state index is 13.1. The highest BCUT2D eigenvalue weighted by molar-refractivity contribution is 7.92. The Balaban J connectivity index is 1.30. The molecule has 2 aliphatic carbocycles. The van der Waals surface area contributed by atoms with Crippen molar-refractivity contribution >= 4 is 38.5 Å². The van der Waals surface area contributed by atoms with E-state index in [1.165, 1.54) is 50.6 Å². The van der Waals surface area contributed by atoms with Gasteiger partial charge in [0.2, 0.25) is 0 Å². The van der Waals surface area contributed by atoms with Crippen LogP contribution in [0.1, 0.15) is 73.3 Å². The van der Waals surface area contributed by atoms with Crippen LogP contribution in [0.5, 0.6) is 5.75 Å². The van der Waals surface area contributed by atoms with Gasteiger partial charge in [-0.1, -0.05) is 51.3 Å². The molecule has 3 aliphatic rings. The number of nitrogens with zero attached hydrogens (tertiary/aromatic N) is 1. The fourth-order valence-corrected chi connectivity index (χ4v) is 7.83. The number of methoxy groups -OCH3 is 1. The molecule has 9 heteroatoms. The van der Waals surface area contributed by atoms with Crippen LogP contribution >= 0.6 is 11.3 Å². The van der Waals surface area contributed by atoms with Crippen LogP contribution in [0.2, 0.25) is 0 Å². The lowest BCUT2D eigenvalue weighted by atomic mass is 9.64. The molecular weight excluding hydrogens is 494 g/mol. The van der Waals surface area contributed by atoms with Crippen LogP contribution in [0.25, 0.3) is 5.57 Å². The van der Waals surface area contributed by atoms with E-state index in [2.05, 4.69) is 47.1 Å². The van der Waals surface area contributed by atoms with Crippen molar-refractivity contribution in [3.05, 3.63) is 51.9 Å². The smallest absolute Gasteiger partial charge is 0.280 e. The Kier molecular flexibility index (Phi) is 6.72. The maximum atomic E-state index is 13.1. The van der Waals surface area contributed by atoms with Crippen molar-refractivity contribution in [2.45, 2.75) is 63.9 Å². The number of hydrogen-bond donors (Lipinski definition) is 2.